The molecule has 0 amide bonds. The number of hydrogen-bond donors (Lipinski definition) is 1. The summed E-state index contributed by atoms with van der Waals surface area (Å²) < 4.78 is 6.95. The summed E-state index contributed by atoms with van der Waals surface area (Å²) >= 11 is 0. The third kappa shape index (κ3) is 2.94. The molecule has 5 heteroatoms. The highest BCUT2D eigenvalue weighted by Crippen LogP contribution is 2.15. The molecule has 0 spiro atoms. The summed E-state index contributed by atoms with van der Waals surface area (Å²) in [7, 11) is 0. The molecule has 17 heavy (non-hydrogen) atoms. The Morgan fingerprint density at radius 2 is 2.29 bits per heavy atom. The topological polar surface area (TPSA) is 69.9 Å². The molecule has 2 aromatic rings. The number of furan rings is 1. The van der Waals surface area contributed by atoms with Gasteiger partial charge in [-0.3, -0.25) is 0 Å². The van der Waals surface area contributed by atoms with Gasteiger partial charge in [0.15, 0.2) is 0 Å². The molecule has 2 N–H and O–H groups in total. The van der Waals surface area contributed by atoms with Gasteiger partial charge in [-0.25, -0.2) is 9.67 Å². The van der Waals surface area contributed by atoms with E-state index >= 15 is 0 Å². The van der Waals surface area contributed by atoms with Crippen LogP contribution in [0.4, 0.5) is 0 Å². The summed E-state index contributed by atoms with van der Waals surface area (Å²) in [4.78, 5) is 4.26. The summed E-state index contributed by atoms with van der Waals surface area (Å²) in [5.74, 6) is 1.47. The largest absolute Gasteiger partial charge is 0.472 e. The van der Waals surface area contributed by atoms with Crippen LogP contribution in [0, 0.1) is 5.92 Å². The van der Waals surface area contributed by atoms with Gasteiger partial charge in [-0.15, -0.1) is 0 Å². The molecule has 0 radical (unpaired) electrons. The second-order valence-electron chi connectivity index (χ2n) is 4.62. The Balaban J connectivity index is 2.06. The monoisotopic (exact) mass is 234 g/mol. The second-order valence-corrected chi connectivity index (χ2v) is 4.62. The van der Waals surface area contributed by atoms with Crippen LogP contribution in [0.25, 0.3) is 0 Å². The Morgan fingerprint density at radius 1 is 1.47 bits per heavy atom. The fourth-order valence-electron chi connectivity index (χ4n) is 1.75. The van der Waals surface area contributed by atoms with Gasteiger partial charge in [0.1, 0.15) is 12.2 Å². The molecule has 0 aliphatic heterocycles. The van der Waals surface area contributed by atoms with E-state index in [9.17, 15) is 0 Å². The minimum atomic E-state index is -0.0936. The fraction of sp³-hybridized carbons (Fsp3) is 0.500. The van der Waals surface area contributed by atoms with E-state index in [0.717, 1.165) is 17.9 Å². The first kappa shape index (κ1) is 11.9. The molecule has 0 aromatic carbocycles. The Bertz CT molecular complexity index is 447. The molecule has 0 fully saturated rings. The highest BCUT2D eigenvalue weighted by molar-refractivity contribution is 5.12. The van der Waals surface area contributed by atoms with E-state index in [1.807, 2.05) is 10.7 Å². The van der Waals surface area contributed by atoms with Crippen molar-refractivity contribution in [2.24, 2.45) is 11.7 Å². The van der Waals surface area contributed by atoms with Gasteiger partial charge in [-0.2, -0.15) is 5.10 Å². The molecule has 1 atom stereocenters. The third-order valence-electron chi connectivity index (χ3n) is 2.61. The van der Waals surface area contributed by atoms with Crippen LogP contribution in [0.3, 0.4) is 0 Å². The quantitative estimate of drug-likeness (QED) is 0.856. The normalized spacial score (nSPS) is 13.2. The van der Waals surface area contributed by atoms with Crippen molar-refractivity contribution in [1.82, 2.24) is 14.8 Å². The van der Waals surface area contributed by atoms with Crippen molar-refractivity contribution in [3.63, 3.8) is 0 Å². The van der Waals surface area contributed by atoms with E-state index in [2.05, 4.69) is 23.9 Å². The van der Waals surface area contributed by atoms with Gasteiger partial charge in [0.2, 0.25) is 0 Å². The van der Waals surface area contributed by atoms with Crippen molar-refractivity contribution < 1.29 is 4.42 Å². The smallest absolute Gasteiger partial charge is 0.138 e. The van der Waals surface area contributed by atoms with E-state index in [1.165, 1.54) is 0 Å². The van der Waals surface area contributed by atoms with Crippen molar-refractivity contribution in [2.45, 2.75) is 32.9 Å². The number of nitrogens with zero attached hydrogens (tertiary/aromatic N) is 3. The Hall–Kier alpha value is -1.62. The molecule has 0 aliphatic rings. The van der Waals surface area contributed by atoms with Gasteiger partial charge >= 0.3 is 0 Å². The Morgan fingerprint density at radius 3 is 2.94 bits per heavy atom. The first-order chi connectivity index (χ1) is 8.16. The molecule has 0 saturated heterocycles. The van der Waals surface area contributed by atoms with Crippen molar-refractivity contribution in [3.8, 4) is 0 Å². The highest BCUT2D eigenvalue weighted by atomic mass is 16.3. The maximum atomic E-state index is 6.09. The summed E-state index contributed by atoms with van der Waals surface area (Å²) in [5.41, 5.74) is 7.08. The van der Waals surface area contributed by atoms with Gasteiger partial charge in [-0.05, 0) is 12.0 Å². The first-order valence-corrected chi connectivity index (χ1v) is 5.81. The average Bonchev–Trinajstić information content (AvgIpc) is 2.89. The van der Waals surface area contributed by atoms with E-state index in [1.54, 1.807) is 18.9 Å². The van der Waals surface area contributed by atoms with Crippen LogP contribution in [-0.2, 0) is 13.0 Å². The van der Waals surface area contributed by atoms with Crippen molar-refractivity contribution in [2.75, 3.05) is 0 Å². The van der Waals surface area contributed by atoms with Crippen LogP contribution < -0.4 is 5.73 Å². The van der Waals surface area contributed by atoms with Crippen LogP contribution in [-0.4, -0.2) is 14.8 Å². The van der Waals surface area contributed by atoms with E-state index in [4.69, 9.17) is 10.2 Å². The molecule has 5 nitrogen and oxygen atoms in total. The summed E-state index contributed by atoms with van der Waals surface area (Å²) in [6, 6.07) is 1.79. The summed E-state index contributed by atoms with van der Waals surface area (Å²) in [6.07, 6.45) is 5.56. The molecule has 2 aromatic heterocycles. The first-order valence-electron chi connectivity index (χ1n) is 5.81. The zero-order chi connectivity index (χ0) is 12.3. The van der Waals surface area contributed by atoms with E-state index in [0.29, 0.717) is 12.3 Å². The molecule has 2 heterocycles. The SMILES string of the molecule is CC(C)Cn1ncnc1CC(N)c1ccoc1. The van der Waals surface area contributed by atoms with E-state index in [-0.39, 0.29) is 6.04 Å². The van der Waals surface area contributed by atoms with Gasteiger partial charge in [-0.1, -0.05) is 13.8 Å². The number of nitrogens with two attached hydrogens (primary N) is 1. The van der Waals surface area contributed by atoms with Gasteiger partial charge < -0.3 is 10.2 Å². The molecule has 92 valence electrons. The van der Waals surface area contributed by atoms with Crippen LogP contribution in [0.1, 0.15) is 31.3 Å². The molecule has 1 unspecified atom stereocenters. The van der Waals surface area contributed by atoms with Crippen LogP contribution >= 0.6 is 0 Å². The minimum Gasteiger partial charge on any atom is -0.472 e. The number of rotatable bonds is 5. The lowest BCUT2D eigenvalue weighted by Crippen LogP contribution is -2.18. The lowest BCUT2D eigenvalue weighted by Gasteiger charge is -2.11. The molecule has 0 aliphatic carbocycles. The fourth-order valence-corrected chi connectivity index (χ4v) is 1.75. The van der Waals surface area contributed by atoms with Crippen LogP contribution in [0.2, 0.25) is 0 Å². The van der Waals surface area contributed by atoms with Gasteiger partial charge in [0.05, 0.1) is 12.5 Å². The van der Waals surface area contributed by atoms with Crippen molar-refractivity contribution in [1.29, 1.82) is 0 Å². The maximum Gasteiger partial charge on any atom is 0.138 e. The standard InChI is InChI=1S/C12H18N4O/c1-9(2)6-16-12(14-8-15-16)5-11(13)10-3-4-17-7-10/h3-4,7-9,11H,5-6,13H2,1-2H3. The number of aromatic nitrogens is 3. The maximum absolute atomic E-state index is 6.09. The minimum absolute atomic E-state index is 0.0936. The van der Waals surface area contributed by atoms with E-state index < -0.39 is 0 Å². The van der Waals surface area contributed by atoms with Crippen molar-refractivity contribution in [3.05, 3.63) is 36.3 Å². The zero-order valence-electron chi connectivity index (χ0n) is 10.2. The zero-order valence-corrected chi connectivity index (χ0v) is 10.2. The summed E-state index contributed by atoms with van der Waals surface area (Å²) in [5, 5.41) is 4.22. The second kappa shape index (κ2) is 5.14. The summed E-state index contributed by atoms with van der Waals surface area (Å²) in [6.45, 7) is 5.18. The Labute approximate surface area is 101 Å². The van der Waals surface area contributed by atoms with Crippen LogP contribution in [0.5, 0.6) is 0 Å². The average molecular weight is 234 g/mol. The molecule has 2 rings (SSSR count). The third-order valence-corrected chi connectivity index (χ3v) is 2.61. The van der Waals surface area contributed by atoms with Gasteiger partial charge in [0, 0.05) is 24.6 Å². The van der Waals surface area contributed by atoms with Gasteiger partial charge in [0.25, 0.3) is 0 Å². The molecular weight excluding hydrogens is 216 g/mol. The van der Waals surface area contributed by atoms with Crippen LogP contribution in [0.15, 0.2) is 29.3 Å². The lowest BCUT2D eigenvalue weighted by atomic mass is 10.1. The lowest BCUT2D eigenvalue weighted by molar-refractivity contribution is 0.459. The molecule has 0 saturated carbocycles. The predicted molar refractivity (Wildman–Crippen MR) is 64.2 cm³/mol. The highest BCUT2D eigenvalue weighted by Gasteiger charge is 2.13. The number of hydrogen-bond acceptors (Lipinski definition) is 4. The molecular formula is C12H18N4O. The Kier molecular flexibility index (Phi) is 3.58. The molecule has 0 bridgehead atoms. The predicted octanol–water partition coefficient (Wildman–Crippen LogP) is 1.77. The van der Waals surface area contributed by atoms with Crippen molar-refractivity contribution >= 4 is 0 Å².